The topological polar surface area (TPSA) is 13.1 Å². The Bertz CT molecular complexity index is 2740. The van der Waals surface area contributed by atoms with E-state index in [0.717, 1.165) is 52.0 Å². The summed E-state index contributed by atoms with van der Waals surface area (Å²) in [7, 11) is 0. The molecule has 0 amide bonds. The second-order valence-corrected chi connectivity index (χ2v) is 18.8. The third-order valence-electron chi connectivity index (χ3n) is 12.9. The second kappa shape index (κ2) is 25.8. The van der Waals surface area contributed by atoms with E-state index < -0.39 is 0 Å². The Morgan fingerprint density at radius 3 is 1.90 bits per heavy atom. The Labute approximate surface area is 405 Å². The monoisotopic (exact) mass is 895 g/mol. The highest BCUT2D eigenvalue weighted by atomic mass is 19.1. The summed E-state index contributed by atoms with van der Waals surface area (Å²) >= 11 is 0. The molecule has 2 aliphatic carbocycles. The lowest BCUT2D eigenvalue weighted by atomic mass is 9.80. The maximum Gasteiger partial charge on any atom is 0.137 e. The first-order valence-electron chi connectivity index (χ1n) is 24.6. The molecule has 6 aromatic rings. The molecule has 352 valence electrons. The zero-order valence-electron chi connectivity index (χ0n) is 42.9. The van der Waals surface area contributed by atoms with E-state index >= 15 is 0 Å². The van der Waals surface area contributed by atoms with E-state index in [2.05, 4.69) is 156 Å². The van der Waals surface area contributed by atoms with Crippen LogP contribution in [0.25, 0.3) is 46.4 Å². The van der Waals surface area contributed by atoms with Crippen molar-refractivity contribution in [2.75, 3.05) is 0 Å². The molecule has 0 bridgehead atoms. The Hall–Kier alpha value is -5.99. The lowest BCUT2D eigenvalue weighted by Gasteiger charge is -2.23. The highest BCUT2D eigenvalue weighted by molar-refractivity contribution is 5.91. The van der Waals surface area contributed by atoms with Crippen molar-refractivity contribution >= 4 is 35.3 Å². The SMILES string of the molecule is C=C/C(CC)=c1/oc2ccccc2c1=C.C=Cc1c(C)cc2c(c1C=C)-c1ccc(C)cc1C2(C)C.CC(C)C1=CCCC=C1.CCCC(CCC)c1cc(C)cc(F)c1.Cc1ccccc1. The number of rotatable bonds is 10. The molecule has 0 saturated heterocycles. The fourth-order valence-electron chi connectivity index (χ4n) is 9.19. The van der Waals surface area contributed by atoms with E-state index in [-0.39, 0.29) is 11.2 Å². The van der Waals surface area contributed by atoms with Crippen molar-refractivity contribution in [3.63, 3.8) is 0 Å². The molecule has 0 saturated carbocycles. The van der Waals surface area contributed by atoms with Crippen molar-refractivity contribution in [1.82, 2.24) is 0 Å². The molecule has 2 heteroatoms. The van der Waals surface area contributed by atoms with E-state index in [4.69, 9.17) is 4.42 Å². The van der Waals surface area contributed by atoms with Gasteiger partial charge in [0.05, 0.1) is 0 Å². The summed E-state index contributed by atoms with van der Waals surface area (Å²) in [6.45, 7) is 39.8. The van der Waals surface area contributed by atoms with Crippen molar-refractivity contribution in [2.45, 2.75) is 132 Å². The van der Waals surface area contributed by atoms with Crippen molar-refractivity contribution < 1.29 is 8.81 Å². The van der Waals surface area contributed by atoms with Gasteiger partial charge in [-0.2, -0.15) is 0 Å². The summed E-state index contributed by atoms with van der Waals surface area (Å²) in [6, 6.07) is 32.7. The molecule has 0 radical (unpaired) electrons. The standard InChI is InChI=1S/C21H22.C14H21F.C14H14O.C9H14.C7H8/c1-7-15-14(4)12-19-20(16(15)8-2)17-10-9-13(3)11-18(17)21(19,5)6;1-4-6-12(7-5-2)13-8-11(3)9-14(15)10-13;1-4-11(5-2)14-10(3)12-8-6-7-9-13(12)15-14;1-8(2)9-6-4-3-5-7-9;1-7-5-3-2-4-6-7/h7-12H,1-2H2,3-6H3;8-10,12H,4-7H2,1-3H3;4,6-9H,1,3,5H2,2H3;4,6-8H,3,5H2,1-2H3;2-6H,1H3/b;;14-11-;;. The number of aryl methyl sites for hydroxylation is 4. The Kier molecular flexibility index (Phi) is 20.6. The lowest BCUT2D eigenvalue weighted by Crippen LogP contribution is -2.20. The van der Waals surface area contributed by atoms with Gasteiger partial charge in [-0.15, -0.1) is 0 Å². The van der Waals surface area contributed by atoms with E-state index in [1.54, 1.807) is 12.1 Å². The van der Waals surface area contributed by atoms with Crippen LogP contribution in [0.15, 0.2) is 151 Å². The Morgan fingerprint density at radius 2 is 1.39 bits per heavy atom. The maximum atomic E-state index is 13.3. The van der Waals surface area contributed by atoms with E-state index in [1.807, 2.05) is 67.6 Å². The van der Waals surface area contributed by atoms with Gasteiger partial charge < -0.3 is 4.42 Å². The third kappa shape index (κ3) is 14.0. The molecule has 0 spiro atoms. The van der Waals surface area contributed by atoms with Gasteiger partial charge in [-0.25, -0.2) is 4.39 Å². The fourth-order valence-corrected chi connectivity index (χ4v) is 9.19. The summed E-state index contributed by atoms with van der Waals surface area (Å²) in [4.78, 5) is 0. The number of hydrogen-bond acceptors (Lipinski definition) is 1. The van der Waals surface area contributed by atoms with Crippen LogP contribution in [0.4, 0.5) is 4.39 Å². The molecule has 2 aliphatic rings. The molecular formula is C65H79FO. The second-order valence-electron chi connectivity index (χ2n) is 18.8. The summed E-state index contributed by atoms with van der Waals surface area (Å²) in [6.07, 6.45) is 20.7. The van der Waals surface area contributed by atoms with Gasteiger partial charge in [-0.1, -0.05) is 214 Å². The van der Waals surface area contributed by atoms with Gasteiger partial charge in [-0.3, -0.25) is 0 Å². The van der Waals surface area contributed by atoms with Crippen LogP contribution in [0, 0.1) is 39.4 Å². The van der Waals surface area contributed by atoms with Crippen molar-refractivity contribution in [2.24, 2.45) is 5.92 Å². The molecule has 1 aromatic heterocycles. The van der Waals surface area contributed by atoms with Crippen molar-refractivity contribution in [3.05, 3.63) is 213 Å². The van der Waals surface area contributed by atoms with Crippen LogP contribution in [0.2, 0.25) is 0 Å². The molecule has 0 fully saturated rings. The van der Waals surface area contributed by atoms with Gasteiger partial charge in [-0.05, 0) is 151 Å². The first-order valence-corrected chi connectivity index (χ1v) is 24.6. The third-order valence-corrected chi connectivity index (χ3v) is 12.9. The highest BCUT2D eigenvalue weighted by Crippen LogP contribution is 2.51. The lowest BCUT2D eigenvalue weighted by molar-refractivity contribution is 0.552. The largest absolute Gasteiger partial charge is 0.456 e. The average Bonchev–Trinajstić information content (AvgIpc) is 3.76. The molecule has 0 N–H and O–H groups in total. The number of halogens is 1. The van der Waals surface area contributed by atoms with Crippen LogP contribution in [-0.2, 0) is 5.41 Å². The maximum absolute atomic E-state index is 13.3. The molecule has 8 rings (SSSR count). The molecular weight excluding hydrogens is 816 g/mol. The first-order chi connectivity index (χ1) is 32.1. The smallest absolute Gasteiger partial charge is 0.137 e. The minimum absolute atomic E-state index is 0.0406. The minimum atomic E-state index is -0.0952. The summed E-state index contributed by atoms with van der Waals surface area (Å²) in [5.74, 6) is 1.15. The zero-order chi connectivity index (χ0) is 49.3. The molecule has 1 nitrogen and oxygen atoms in total. The zero-order valence-corrected chi connectivity index (χ0v) is 42.9. The molecule has 0 aliphatic heterocycles. The van der Waals surface area contributed by atoms with Gasteiger partial charge in [0.1, 0.15) is 16.8 Å². The van der Waals surface area contributed by atoms with Gasteiger partial charge in [0.2, 0.25) is 0 Å². The Morgan fingerprint density at radius 1 is 0.731 bits per heavy atom. The van der Waals surface area contributed by atoms with Crippen LogP contribution < -0.4 is 10.6 Å². The summed E-state index contributed by atoms with van der Waals surface area (Å²) in [5.41, 5.74) is 18.5. The quantitative estimate of drug-likeness (QED) is 0.134. The van der Waals surface area contributed by atoms with Crippen LogP contribution in [0.5, 0.6) is 0 Å². The molecule has 5 aromatic carbocycles. The average molecular weight is 895 g/mol. The van der Waals surface area contributed by atoms with Crippen LogP contribution in [0.1, 0.15) is 149 Å². The van der Waals surface area contributed by atoms with Crippen LogP contribution in [0.3, 0.4) is 0 Å². The number of furan rings is 1. The number of benzene rings is 5. The molecule has 0 unspecified atom stereocenters. The Balaban J connectivity index is 0.000000192. The van der Waals surface area contributed by atoms with Crippen LogP contribution >= 0.6 is 0 Å². The molecule has 0 atom stereocenters. The van der Waals surface area contributed by atoms with Crippen molar-refractivity contribution in [1.29, 1.82) is 0 Å². The van der Waals surface area contributed by atoms with E-state index in [9.17, 15) is 4.39 Å². The number of fused-ring (bicyclic) bond motifs is 4. The van der Waals surface area contributed by atoms with Gasteiger partial charge in [0.15, 0.2) is 0 Å². The van der Waals surface area contributed by atoms with E-state index in [0.29, 0.717) is 11.8 Å². The summed E-state index contributed by atoms with van der Waals surface area (Å²) in [5, 5.41) is 2.04. The predicted octanol–water partition coefficient (Wildman–Crippen LogP) is 18.2. The van der Waals surface area contributed by atoms with Crippen LogP contribution in [-0.4, -0.2) is 0 Å². The molecule has 67 heavy (non-hydrogen) atoms. The van der Waals surface area contributed by atoms with Crippen molar-refractivity contribution in [3.8, 4) is 11.1 Å². The summed E-state index contributed by atoms with van der Waals surface area (Å²) < 4.78 is 19.0. The van der Waals surface area contributed by atoms with Gasteiger partial charge in [0, 0.05) is 16.0 Å². The fraction of sp³-hybridized carbons (Fsp3) is 0.323. The minimum Gasteiger partial charge on any atom is -0.456 e. The van der Waals surface area contributed by atoms with E-state index in [1.165, 1.54) is 86.9 Å². The van der Waals surface area contributed by atoms with Gasteiger partial charge >= 0.3 is 0 Å². The normalized spacial score (nSPS) is 13.3. The first kappa shape index (κ1) is 53.6. The highest BCUT2D eigenvalue weighted by Gasteiger charge is 2.37. The number of allylic oxidation sites excluding steroid dienone is 5. The number of hydrogen-bond donors (Lipinski definition) is 0. The molecule has 1 heterocycles. The number of para-hydroxylation sites is 1. The van der Waals surface area contributed by atoms with Gasteiger partial charge in [0.25, 0.3) is 0 Å². The predicted molar refractivity (Wildman–Crippen MR) is 295 cm³/mol.